The molecule has 3 rings (SSSR count). The molecule has 0 aromatic heterocycles. The molecule has 2 fully saturated rings. The van der Waals surface area contributed by atoms with Crippen molar-refractivity contribution in [3.8, 4) is 0 Å². The van der Waals surface area contributed by atoms with Crippen LogP contribution in [0.5, 0.6) is 0 Å². The van der Waals surface area contributed by atoms with Crippen LogP contribution >= 0.6 is 0 Å². The maximum absolute atomic E-state index is 13.2. The first-order chi connectivity index (χ1) is 10.2. The second kappa shape index (κ2) is 6.56. The monoisotopic (exact) mass is 290 g/mol. The minimum atomic E-state index is -0.178. The Bertz CT molecular complexity index is 491. The Labute approximate surface area is 125 Å². The Morgan fingerprint density at radius 3 is 2.52 bits per heavy atom. The second-order valence-corrected chi connectivity index (χ2v) is 6.21. The molecule has 0 unspecified atom stereocenters. The SMILES string of the molecule is O=C(C1CCCC1)N1CCN(Cc2cccc(F)c2)CC1. The number of nitrogens with zero attached hydrogens (tertiary/aromatic N) is 2. The summed E-state index contributed by atoms with van der Waals surface area (Å²) in [4.78, 5) is 16.7. The number of piperazine rings is 1. The molecule has 0 atom stereocenters. The summed E-state index contributed by atoms with van der Waals surface area (Å²) in [5, 5.41) is 0. The molecule has 114 valence electrons. The highest BCUT2D eigenvalue weighted by molar-refractivity contribution is 5.79. The molecule has 0 bridgehead atoms. The molecule has 1 aliphatic heterocycles. The van der Waals surface area contributed by atoms with Gasteiger partial charge in [0, 0.05) is 38.6 Å². The first-order valence-electron chi connectivity index (χ1n) is 7.98. The number of amides is 1. The Balaban J connectivity index is 1.49. The van der Waals surface area contributed by atoms with Crippen LogP contribution in [-0.2, 0) is 11.3 Å². The molecule has 2 aliphatic rings. The van der Waals surface area contributed by atoms with Gasteiger partial charge in [-0.15, -0.1) is 0 Å². The number of hydrogen-bond donors (Lipinski definition) is 0. The lowest BCUT2D eigenvalue weighted by atomic mass is 10.1. The van der Waals surface area contributed by atoms with Gasteiger partial charge in [-0.3, -0.25) is 9.69 Å². The molecule has 21 heavy (non-hydrogen) atoms. The van der Waals surface area contributed by atoms with Crippen molar-refractivity contribution in [2.24, 2.45) is 5.92 Å². The third-order valence-corrected chi connectivity index (χ3v) is 4.68. The van der Waals surface area contributed by atoms with Gasteiger partial charge in [0.25, 0.3) is 0 Å². The molecule has 1 aromatic rings. The molecule has 1 aromatic carbocycles. The van der Waals surface area contributed by atoms with E-state index in [1.165, 1.54) is 18.9 Å². The van der Waals surface area contributed by atoms with Crippen molar-refractivity contribution in [2.75, 3.05) is 26.2 Å². The summed E-state index contributed by atoms with van der Waals surface area (Å²) in [6.07, 6.45) is 4.55. The standard InChI is InChI=1S/C17H23FN2O/c18-16-7-3-4-14(12-16)13-19-8-10-20(11-9-19)17(21)15-5-1-2-6-15/h3-4,7,12,15H,1-2,5-6,8-11,13H2. The Morgan fingerprint density at radius 2 is 1.86 bits per heavy atom. The van der Waals surface area contributed by atoms with E-state index < -0.39 is 0 Å². The van der Waals surface area contributed by atoms with E-state index in [0.717, 1.165) is 51.1 Å². The van der Waals surface area contributed by atoms with Crippen LogP contribution in [0.2, 0.25) is 0 Å². The van der Waals surface area contributed by atoms with Crippen LogP contribution in [0.25, 0.3) is 0 Å². The number of benzene rings is 1. The topological polar surface area (TPSA) is 23.6 Å². The largest absolute Gasteiger partial charge is 0.340 e. The van der Waals surface area contributed by atoms with Gasteiger partial charge in [-0.2, -0.15) is 0 Å². The van der Waals surface area contributed by atoms with Gasteiger partial charge in [0.15, 0.2) is 0 Å². The van der Waals surface area contributed by atoms with Gasteiger partial charge >= 0.3 is 0 Å². The van der Waals surface area contributed by atoms with Crippen LogP contribution < -0.4 is 0 Å². The summed E-state index contributed by atoms with van der Waals surface area (Å²) in [5.41, 5.74) is 1.01. The second-order valence-electron chi connectivity index (χ2n) is 6.21. The quantitative estimate of drug-likeness (QED) is 0.854. The maximum Gasteiger partial charge on any atom is 0.225 e. The molecule has 1 amide bonds. The lowest BCUT2D eigenvalue weighted by Gasteiger charge is -2.36. The van der Waals surface area contributed by atoms with Crippen molar-refractivity contribution in [1.29, 1.82) is 0 Å². The third-order valence-electron chi connectivity index (χ3n) is 4.68. The van der Waals surface area contributed by atoms with Gasteiger partial charge < -0.3 is 4.90 Å². The van der Waals surface area contributed by atoms with Crippen LogP contribution in [0, 0.1) is 11.7 Å². The lowest BCUT2D eigenvalue weighted by molar-refractivity contribution is -0.137. The van der Waals surface area contributed by atoms with Crippen LogP contribution in [0.3, 0.4) is 0 Å². The lowest BCUT2D eigenvalue weighted by Crippen LogP contribution is -2.49. The zero-order valence-electron chi connectivity index (χ0n) is 12.4. The highest BCUT2D eigenvalue weighted by Gasteiger charge is 2.29. The molecule has 0 spiro atoms. The highest BCUT2D eigenvalue weighted by atomic mass is 19.1. The predicted octanol–water partition coefficient (Wildman–Crippen LogP) is 2.66. The van der Waals surface area contributed by atoms with E-state index in [9.17, 15) is 9.18 Å². The fraction of sp³-hybridized carbons (Fsp3) is 0.588. The maximum atomic E-state index is 13.2. The molecular weight excluding hydrogens is 267 g/mol. The van der Waals surface area contributed by atoms with Gasteiger partial charge in [-0.05, 0) is 30.5 Å². The fourth-order valence-corrected chi connectivity index (χ4v) is 3.45. The number of carbonyl (C=O) groups is 1. The first kappa shape index (κ1) is 14.5. The van der Waals surface area contributed by atoms with Crippen molar-refractivity contribution in [2.45, 2.75) is 32.2 Å². The van der Waals surface area contributed by atoms with E-state index in [-0.39, 0.29) is 11.7 Å². The molecule has 0 N–H and O–H groups in total. The number of hydrogen-bond acceptors (Lipinski definition) is 2. The fourth-order valence-electron chi connectivity index (χ4n) is 3.45. The number of carbonyl (C=O) groups excluding carboxylic acids is 1. The van der Waals surface area contributed by atoms with E-state index in [1.54, 1.807) is 12.1 Å². The summed E-state index contributed by atoms with van der Waals surface area (Å²) in [6, 6.07) is 6.78. The Kier molecular flexibility index (Phi) is 4.54. The average molecular weight is 290 g/mol. The minimum Gasteiger partial charge on any atom is -0.340 e. The summed E-state index contributed by atoms with van der Waals surface area (Å²) in [6.45, 7) is 4.16. The summed E-state index contributed by atoms with van der Waals surface area (Å²) >= 11 is 0. The highest BCUT2D eigenvalue weighted by Crippen LogP contribution is 2.27. The van der Waals surface area contributed by atoms with Gasteiger partial charge in [0.05, 0.1) is 0 Å². The van der Waals surface area contributed by atoms with Crippen molar-refractivity contribution < 1.29 is 9.18 Å². The van der Waals surface area contributed by atoms with Crippen LogP contribution in [-0.4, -0.2) is 41.9 Å². The van der Waals surface area contributed by atoms with Crippen molar-refractivity contribution in [3.05, 3.63) is 35.6 Å². The minimum absolute atomic E-state index is 0.178. The van der Waals surface area contributed by atoms with Crippen LogP contribution in [0.4, 0.5) is 4.39 Å². The van der Waals surface area contributed by atoms with Gasteiger partial charge in [0.1, 0.15) is 5.82 Å². The molecule has 0 radical (unpaired) electrons. The molecule has 1 saturated carbocycles. The average Bonchev–Trinajstić information content (AvgIpc) is 3.01. The smallest absolute Gasteiger partial charge is 0.225 e. The van der Waals surface area contributed by atoms with Crippen molar-refractivity contribution in [1.82, 2.24) is 9.80 Å². The van der Waals surface area contributed by atoms with Crippen molar-refractivity contribution in [3.63, 3.8) is 0 Å². The van der Waals surface area contributed by atoms with E-state index in [0.29, 0.717) is 5.91 Å². The normalized spacial score (nSPS) is 20.9. The summed E-state index contributed by atoms with van der Waals surface area (Å²) in [5.74, 6) is 0.459. The van der Waals surface area contributed by atoms with Crippen LogP contribution in [0.1, 0.15) is 31.2 Å². The molecule has 4 heteroatoms. The number of halogens is 1. The first-order valence-corrected chi connectivity index (χ1v) is 7.98. The molecule has 1 saturated heterocycles. The van der Waals surface area contributed by atoms with E-state index in [4.69, 9.17) is 0 Å². The predicted molar refractivity (Wildman–Crippen MR) is 80.2 cm³/mol. The van der Waals surface area contributed by atoms with Gasteiger partial charge in [-0.25, -0.2) is 4.39 Å². The van der Waals surface area contributed by atoms with Crippen LogP contribution in [0.15, 0.2) is 24.3 Å². The third kappa shape index (κ3) is 3.62. The Morgan fingerprint density at radius 1 is 1.14 bits per heavy atom. The number of rotatable bonds is 3. The summed E-state index contributed by atoms with van der Waals surface area (Å²) in [7, 11) is 0. The van der Waals surface area contributed by atoms with E-state index >= 15 is 0 Å². The van der Waals surface area contributed by atoms with Crippen molar-refractivity contribution >= 4 is 5.91 Å². The van der Waals surface area contributed by atoms with E-state index in [2.05, 4.69) is 4.90 Å². The molecule has 3 nitrogen and oxygen atoms in total. The van der Waals surface area contributed by atoms with E-state index in [1.807, 2.05) is 11.0 Å². The zero-order chi connectivity index (χ0) is 14.7. The molecular formula is C17H23FN2O. The Hall–Kier alpha value is -1.42. The van der Waals surface area contributed by atoms with Gasteiger partial charge in [0.2, 0.25) is 5.91 Å². The zero-order valence-corrected chi connectivity index (χ0v) is 12.4. The molecule has 1 heterocycles. The summed E-state index contributed by atoms with van der Waals surface area (Å²) < 4.78 is 13.2. The van der Waals surface area contributed by atoms with Gasteiger partial charge in [-0.1, -0.05) is 25.0 Å². The molecule has 1 aliphatic carbocycles.